The molecule has 1 unspecified atom stereocenters. The van der Waals surface area contributed by atoms with E-state index in [0.717, 1.165) is 6.42 Å². The van der Waals surface area contributed by atoms with E-state index in [2.05, 4.69) is 5.32 Å². The molecule has 40 heavy (non-hydrogen) atoms. The highest BCUT2D eigenvalue weighted by Crippen LogP contribution is 2.35. The van der Waals surface area contributed by atoms with E-state index in [9.17, 15) is 24.3 Å². The number of nitrogens with one attached hydrogen (secondary N) is 1. The van der Waals surface area contributed by atoms with Crippen molar-refractivity contribution in [1.29, 1.82) is 0 Å². The van der Waals surface area contributed by atoms with Crippen molar-refractivity contribution in [3.05, 3.63) is 23.8 Å². The highest BCUT2D eigenvalue weighted by Gasteiger charge is 2.45. The minimum atomic E-state index is -2.18. The zero-order chi connectivity index (χ0) is 30.7. The smallest absolute Gasteiger partial charge is 0.477 e. The highest BCUT2D eigenvalue weighted by molar-refractivity contribution is 5.82. The number of esters is 2. The lowest BCUT2D eigenvalue weighted by molar-refractivity contribution is -0.167. The molecule has 0 aromatic heterocycles. The van der Waals surface area contributed by atoms with Crippen LogP contribution in [0.5, 0.6) is 11.5 Å². The highest BCUT2D eigenvalue weighted by atomic mass is 16.7. The molecule has 2 atom stereocenters. The summed E-state index contributed by atoms with van der Waals surface area (Å²) in [6.45, 7) is 16.3. The molecular weight excluding hydrogens is 518 g/mol. The first-order chi connectivity index (χ1) is 18.6. The van der Waals surface area contributed by atoms with E-state index in [1.54, 1.807) is 34.6 Å². The number of aliphatic carboxylic acids is 1. The van der Waals surface area contributed by atoms with E-state index in [1.165, 1.54) is 18.2 Å². The Kier molecular flexibility index (Phi) is 13.1. The van der Waals surface area contributed by atoms with Gasteiger partial charge in [-0.15, -0.1) is 0 Å². The summed E-state index contributed by atoms with van der Waals surface area (Å²) in [5.74, 6) is -2.50. The number of unbranched alkanes of at least 4 members (excludes halogenated alkanes) is 1. The molecule has 1 aromatic carbocycles. The number of carbonyl (C=O) groups is 4. The van der Waals surface area contributed by atoms with Crippen molar-refractivity contribution in [1.82, 2.24) is 5.32 Å². The average molecular weight is 566 g/mol. The van der Waals surface area contributed by atoms with E-state index < -0.39 is 40.6 Å². The number of carboxylic acid groups (broad SMARTS) is 1. The van der Waals surface area contributed by atoms with Crippen molar-refractivity contribution in [3.63, 3.8) is 0 Å². The number of carboxylic acids is 1. The van der Waals surface area contributed by atoms with Gasteiger partial charge in [0.15, 0.2) is 11.5 Å². The Bertz CT molecular complexity index is 1030. The van der Waals surface area contributed by atoms with Crippen molar-refractivity contribution in [2.75, 3.05) is 6.61 Å². The van der Waals surface area contributed by atoms with Crippen molar-refractivity contribution in [2.45, 2.75) is 113 Å². The van der Waals surface area contributed by atoms with Gasteiger partial charge in [0.1, 0.15) is 0 Å². The summed E-state index contributed by atoms with van der Waals surface area (Å²) < 4.78 is 21.8. The second kappa shape index (κ2) is 15.0. The quantitative estimate of drug-likeness (QED) is 0.106. The Hall–Kier alpha value is -3.14. The molecular formula is C30H47NO9. The number of carbonyl (C=O) groups excluding carboxylic acids is 3. The standard InChI is InChI=1S/C30H47NO9/c1-10-14-17-37-27(36)40-30(24(32)33,31-20(5)11-2)19-21-15-16-22(38-25(34)28(6,7)12-3)23(18-21)39-26(35)29(8,9)13-4/h15-16,18,20,31H,10-14,17,19H2,1-9H3,(H,32,33)/t20?,30-/m0/s1. The molecule has 0 saturated carbocycles. The minimum Gasteiger partial charge on any atom is -0.477 e. The second-order valence-corrected chi connectivity index (χ2v) is 11.4. The predicted molar refractivity (Wildman–Crippen MR) is 150 cm³/mol. The number of rotatable bonds is 16. The molecule has 0 bridgehead atoms. The maximum Gasteiger partial charge on any atom is 0.510 e. The van der Waals surface area contributed by atoms with Crippen molar-refractivity contribution in [2.24, 2.45) is 10.8 Å². The molecule has 10 heteroatoms. The zero-order valence-corrected chi connectivity index (χ0v) is 25.5. The van der Waals surface area contributed by atoms with Crippen LogP contribution in [0.2, 0.25) is 0 Å². The summed E-state index contributed by atoms with van der Waals surface area (Å²) in [7, 11) is 0. The Morgan fingerprint density at radius 2 is 1.45 bits per heavy atom. The molecule has 1 aromatic rings. The Labute approximate surface area is 238 Å². The molecule has 2 N–H and O–H groups in total. The van der Waals surface area contributed by atoms with Gasteiger partial charge < -0.3 is 24.1 Å². The van der Waals surface area contributed by atoms with Crippen molar-refractivity contribution < 1.29 is 43.2 Å². The molecule has 0 saturated heterocycles. The van der Waals surface area contributed by atoms with Crippen LogP contribution >= 0.6 is 0 Å². The molecule has 0 spiro atoms. The first-order valence-electron chi connectivity index (χ1n) is 14.0. The number of hydrogen-bond acceptors (Lipinski definition) is 9. The number of benzene rings is 1. The Morgan fingerprint density at radius 1 is 0.900 bits per heavy atom. The van der Waals surface area contributed by atoms with Gasteiger partial charge in [-0.3, -0.25) is 14.9 Å². The van der Waals surface area contributed by atoms with E-state index in [-0.39, 0.29) is 30.6 Å². The van der Waals surface area contributed by atoms with Gasteiger partial charge in [0.2, 0.25) is 0 Å². The first-order valence-corrected chi connectivity index (χ1v) is 14.0. The fraction of sp³-hybridized carbons (Fsp3) is 0.667. The summed E-state index contributed by atoms with van der Waals surface area (Å²) >= 11 is 0. The van der Waals surface area contributed by atoms with Crippen molar-refractivity contribution >= 4 is 24.1 Å². The number of ether oxygens (including phenoxy) is 4. The van der Waals surface area contributed by atoms with Crippen LogP contribution in [0.15, 0.2) is 18.2 Å². The van der Waals surface area contributed by atoms with E-state index in [4.69, 9.17) is 18.9 Å². The van der Waals surface area contributed by atoms with Crippen LogP contribution in [0.4, 0.5) is 4.79 Å². The minimum absolute atomic E-state index is 0.0197. The van der Waals surface area contributed by atoms with Crippen LogP contribution in [-0.2, 0) is 30.3 Å². The molecule has 10 nitrogen and oxygen atoms in total. The van der Waals surface area contributed by atoms with Crippen LogP contribution in [-0.4, -0.2) is 47.5 Å². The molecule has 0 aliphatic carbocycles. The largest absolute Gasteiger partial charge is 0.510 e. The SMILES string of the molecule is CCCCOC(=O)O[C@](Cc1ccc(OC(=O)C(C)(C)CC)c(OC(=O)C(C)(C)CC)c1)(NC(C)CC)C(=O)O. The molecule has 0 amide bonds. The predicted octanol–water partition coefficient (Wildman–Crippen LogP) is 6.03. The lowest BCUT2D eigenvalue weighted by atomic mass is 9.90. The monoisotopic (exact) mass is 565 g/mol. The van der Waals surface area contributed by atoms with Crippen LogP contribution < -0.4 is 14.8 Å². The third kappa shape index (κ3) is 9.80. The second-order valence-electron chi connectivity index (χ2n) is 11.4. The molecule has 1 rings (SSSR count). The molecule has 0 heterocycles. The van der Waals surface area contributed by atoms with Gasteiger partial charge in [-0.2, -0.15) is 0 Å². The third-order valence-corrected chi connectivity index (χ3v) is 7.15. The summed E-state index contributed by atoms with van der Waals surface area (Å²) in [5, 5.41) is 13.1. The van der Waals surface area contributed by atoms with E-state index in [1.807, 2.05) is 27.7 Å². The third-order valence-electron chi connectivity index (χ3n) is 7.15. The summed E-state index contributed by atoms with van der Waals surface area (Å²) in [4.78, 5) is 50.8. The number of hydrogen-bond donors (Lipinski definition) is 2. The summed E-state index contributed by atoms with van der Waals surface area (Å²) in [6, 6.07) is 4.06. The maximum absolute atomic E-state index is 13.0. The molecule has 0 aliphatic heterocycles. The van der Waals surface area contributed by atoms with Gasteiger partial charge in [0.05, 0.1) is 17.4 Å². The summed E-state index contributed by atoms with van der Waals surface area (Å²) in [6.07, 6.45) is 1.52. The van der Waals surface area contributed by atoms with Crippen LogP contribution in [0.3, 0.4) is 0 Å². The van der Waals surface area contributed by atoms with Crippen LogP contribution in [0, 0.1) is 10.8 Å². The lowest BCUT2D eigenvalue weighted by Gasteiger charge is -2.32. The van der Waals surface area contributed by atoms with Crippen LogP contribution in [0.1, 0.15) is 100.0 Å². The van der Waals surface area contributed by atoms with Crippen LogP contribution in [0.25, 0.3) is 0 Å². The lowest BCUT2D eigenvalue weighted by Crippen LogP contribution is -2.59. The van der Waals surface area contributed by atoms with E-state index >= 15 is 0 Å². The Balaban J connectivity index is 3.55. The van der Waals surface area contributed by atoms with Gasteiger partial charge in [-0.1, -0.05) is 40.2 Å². The first kappa shape index (κ1) is 34.9. The van der Waals surface area contributed by atoms with Gasteiger partial charge in [0, 0.05) is 12.5 Å². The Morgan fingerprint density at radius 3 is 1.93 bits per heavy atom. The van der Waals surface area contributed by atoms with Gasteiger partial charge in [-0.05, 0) is 78.0 Å². The fourth-order valence-corrected chi connectivity index (χ4v) is 3.15. The molecule has 226 valence electrons. The van der Waals surface area contributed by atoms with Crippen molar-refractivity contribution in [3.8, 4) is 11.5 Å². The van der Waals surface area contributed by atoms with Gasteiger partial charge >= 0.3 is 24.1 Å². The molecule has 0 radical (unpaired) electrons. The normalized spacial score (nSPS) is 14.0. The maximum atomic E-state index is 13.0. The topological polar surface area (TPSA) is 137 Å². The molecule has 0 fully saturated rings. The summed E-state index contributed by atoms with van der Waals surface area (Å²) in [5.41, 5.74) is -3.43. The van der Waals surface area contributed by atoms with Gasteiger partial charge in [0.25, 0.3) is 5.72 Å². The van der Waals surface area contributed by atoms with E-state index in [0.29, 0.717) is 31.2 Å². The van der Waals surface area contributed by atoms with Gasteiger partial charge in [-0.25, -0.2) is 9.59 Å². The molecule has 0 aliphatic rings. The average Bonchev–Trinajstić information content (AvgIpc) is 2.89. The zero-order valence-electron chi connectivity index (χ0n) is 25.5. The fourth-order valence-electron chi connectivity index (χ4n) is 3.15.